The monoisotopic (exact) mass is 318 g/mol. The molecule has 2 aromatic rings. The normalized spacial score (nSPS) is 10.7. The maximum atomic E-state index is 12.1. The summed E-state index contributed by atoms with van der Waals surface area (Å²) in [6.07, 6.45) is 1.40. The van der Waals surface area contributed by atoms with Gasteiger partial charge in [-0.05, 0) is 30.7 Å². The van der Waals surface area contributed by atoms with E-state index in [1.165, 1.54) is 6.26 Å². The number of rotatable bonds is 9. The van der Waals surface area contributed by atoms with Gasteiger partial charge in [0, 0.05) is 12.3 Å². The van der Waals surface area contributed by atoms with E-state index in [1.54, 1.807) is 6.07 Å². The smallest absolute Gasteiger partial charge is 0.258 e. The van der Waals surface area contributed by atoms with Gasteiger partial charge in [0.05, 0.1) is 31.9 Å². The molecular weight excluding hydrogens is 296 g/mol. The van der Waals surface area contributed by atoms with Crippen molar-refractivity contribution in [1.82, 2.24) is 0 Å². The lowest BCUT2D eigenvalue weighted by Crippen LogP contribution is -2.11. The number of nitrogens with two attached hydrogens (primary N) is 1. The van der Waals surface area contributed by atoms with Crippen LogP contribution in [0.25, 0.3) is 0 Å². The van der Waals surface area contributed by atoms with E-state index in [4.69, 9.17) is 19.6 Å². The standard InChI is InChI=1S/C17H22N2O4/c1-2-21-6-7-22-11-13-4-3-5-15(8-13)19-17(20)14-9-16(10-18)23-12-14/h3-5,8-9,12H,2,6-7,10-11,18H2,1H3,(H,19,20). The van der Waals surface area contributed by atoms with Crippen LogP contribution in [-0.2, 0) is 22.6 Å². The molecule has 3 N–H and O–H groups in total. The van der Waals surface area contributed by atoms with E-state index in [0.717, 1.165) is 5.56 Å². The van der Waals surface area contributed by atoms with Crippen molar-refractivity contribution in [3.05, 3.63) is 53.5 Å². The minimum absolute atomic E-state index is 0.233. The van der Waals surface area contributed by atoms with Gasteiger partial charge in [0.25, 0.3) is 5.91 Å². The number of hydrogen-bond donors (Lipinski definition) is 2. The minimum Gasteiger partial charge on any atom is -0.467 e. The maximum Gasteiger partial charge on any atom is 0.258 e. The van der Waals surface area contributed by atoms with E-state index in [-0.39, 0.29) is 12.5 Å². The quantitative estimate of drug-likeness (QED) is 0.694. The van der Waals surface area contributed by atoms with E-state index in [0.29, 0.717) is 43.4 Å². The number of carbonyl (C=O) groups is 1. The molecule has 124 valence electrons. The zero-order chi connectivity index (χ0) is 16.5. The summed E-state index contributed by atoms with van der Waals surface area (Å²) >= 11 is 0. The molecule has 6 heteroatoms. The third-order valence-electron chi connectivity index (χ3n) is 3.15. The van der Waals surface area contributed by atoms with Gasteiger partial charge < -0.3 is 24.9 Å². The fraction of sp³-hybridized carbons (Fsp3) is 0.353. The van der Waals surface area contributed by atoms with Crippen LogP contribution in [0.5, 0.6) is 0 Å². The first-order valence-corrected chi connectivity index (χ1v) is 7.56. The van der Waals surface area contributed by atoms with Gasteiger partial charge in [0.15, 0.2) is 0 Å². The number of anilines is 1. The zero-order valence-electron chi connectivity index (χ0n) is 13.2. The second-order valence-corrected chi connectivity index (χ2v) is 4.91. The first-order valence-electron chi connectivity index (χ1n) is 7.56. The Labute approximate surface area is 135 Å². The van der Waals surface area contributed by atoms with Crippen molar-refractivity contribution in [2.45, 2.75) is 20.1 Å². The van der Waals surface area contributed by atoms with Crippen LogP contribution < -0.4 is 11.1 Å². The number of hydrogen-bond acceptors (Lipinski definition) is 5. The van der Waals surface area contributed by atoms with Crippen LogP contribution in [0.1, 0.15) is 28.6 Å². The number of benzene rings is 1. The Morgan fingerprint density at radius 2 is 2.09 bits per heavy atom. The second kappa shape index (κ2) is 9.09. The molecule has 0 saturated heterocycles. The second-order valence-electron chi connectivity index (χ2n) is 4.91. The molecule has 0 spiro atoms. The molecule has 1 aromatic carbocycles. The molecule has 0 fully saturated rings. The first kappa shape index (κ1) is 17.2. The molecule has 1 aromatic heterocycles. The van der Waals surface area contributed by atoms with E-state index < -0.39 is 0 Å². The molecule has 1 amide bonds. The van der Waals surface area contributed by atoms with Gasteiger partial charge >= 0.3 is 0 Å². The van der Waals surface area contributed by atoms with E-state index in [1.807, 2.05) is 31.2 Å². The van der Waals surface area contributed by atoms with E-state index in [2.05, 4.69) is 5.32 Å². The fourth-order valence-corrected chi connectivity index (χ4v) is 2.00. The van der Waals surface area contributed by atoms with Crippen LogP contribution in [-0.4, -0.2) is 25.7 Å². The molecule has 0 aliphatic carbocycles. The fourth-order valence-electron chi connectivity index (χ4n) is 2.00. The lowest BCUT2D eigenvalue weighted by atomic mass is 10.2. The predicted molar refractivity (Wildman–Crippen MR) is 87.1 cm³/mol. The van der Waals surface area contributed by atoms with Crippen LogP contribution >= 0.6 is 0 Å². The topological polar surface area (TPSA) is 86.7 Å². The van der Waals surface area contributed by atoms with Gasteiger partial charge in [-0.2, -0.15) is 0 Å². The number of carbonyl (C=O) groups excluding carboxylic acids is 1. The number of ether oxygens (including phenoxy) is 2. The Hall–Kier alpha value is -2.15. The largest absolute Gasteiger partial charge is 0.467 e. The van der Waals surface area contributed by atoms with Gasteiger partial charge in [-0.3, -0.25) is 4.79 Å². The first-order chi connectivity index (χ1) is 11.2. The molecule has 2 rings (SSSR count). The van der Waals surface area contributed by atoms with Crippen LogP contribution in [0.2, 0.25) is 0 Å². The van der Waals surface area contributed by atoms with Crippen molar-refractivity contribution in [1.29, 1.82) is 0 Å². The third kappa shape index (κ3) is 5.52. The van der Waals surface area contributed by atoms with Gasteiger partial charge in [-0.15, -0.1) is 0 Å². The van der Waals surface area contributed by atoms with E-state index in [9.17, 15) is 4.79 Å². The van der Waals surface area contributed by atoms with Crippen LogP contribution in [0.4, 0.5) is 5.69 Å². The van der Waals surface area contributed by atoms with Crippen LogP contribution in [0.15, 0.2) is 41.0 Å². The summed E-state index contributed by atoms with van der Waals surface area (Å²) in [5, 5.41) is 2.83. The molecule has 0 aliphatic heterocycles. The molecular formula is C17H22N2O4. The highest BCUT2D eigenvalue weighted by molar-refractivity contribution is 6.04. The molecule has 0 radical (unpaired) electrons. The Morgan fingerprint density at radius 1 is 1.26 bits per heavy atom. The van der Waals surface area contributed by atoms with Gasteiger partial charge in [0.2, 0.25) is 0 Å². The molecule has 0 unspecified atom stereocenters. The molecule has 0 saturated carbocycles. The predicted octanol–water partition coefficient (Wildman–Crippen LogP) is 2.54. The highest BCUT2D eigenvalue weighted by atomic mass is 16.5. The minimum atomic E-state index is -0.233. The highest BCUT2D eigenvalue weighted by Crippen LogP contribution is 2.14. The number of amides is 1. The summed E-state index contributed by atoms with van der Waals surface area (Å²) in [4.78, 5) is 12.1. The van der Waals surface area contributed by atoms with Crippen molar-refractivity contribution in [2.24, 2.45) is 5.73 Å². The lowest BCUT2D eigenvalue weighted by Gasteiger charge is -2.08. The Balaban J connectivity index is 1.87. The SMILES string of the molecule is CCOCCOCc1cccc(NC(=O)c2coc(CN)c2)c1. The highest BCUT2D eigenvalue weighted by Gasteiger charge is 2.10. The summed E-state index contributed by atoms with van der Waals surface area (Å²) in [5.41, 5.74) is 7.60. The summed E-state index contributed by atoms with van der Waals surface area (Å²) in [6.45, 7) is 4.49. The summed E-state index contributed by atoms with van der Waals surface area (Å²) in [6, 6.07) is 9.16. The molecule has 6 nitrogen and oxygen atoms in total. The van der Waals surface area contributed by atoms with E-state index >= 15 is 0 Å². The summed E-state index contributed by atoms with van der Waals surface area (Å²) in [7, 11) is 0. The third-order valence-corrected chi connectivity index (χ3v) is 3.15. The van der Waals surface area contributed by atoms with Crippen molar-refractivity contribution in [3.8, 4) is 0 Å². The summed E-state index contributed by atoms with van der Waals surface area (Å²) in [5.74, 6) is 0.342. The zero-order valence-corrected chi connectivity index (χ0v) is 13.2. The van der Waals surface area contributed by atoms with Gasteiger partial charge in [0.1, 0.15) is 12.0 Å². The Morgan fingerprint density at radius 3 is 2.83 bits per heavy atom. The van der Waals surface area contributed by atoms with Crippen molar-refractivity contribution in [3.63, 3.8) is 0 Å². The molecule has 1 heterocycles. The lowest BCUT2D eigenvalue weighted by molar-refractivity contribution is 0.0453. The van der Waals surface area contributed by atoms with Crippen molar-refractivity contribution >= 4 is 11.6 Å². The average Bonchev–Trinajstić information content (AvgIpc) is 3.04. The average molecular weight is 318 g/mol. The number of nitrogens with one attached hydrogen (secondary N) is 1. The van der Waals surface area contributed by atoms with Gasteiger partial charge in [-0.25, -0.2) is 0 Å². The number of furan rings is 1. The van der Waals surface area contributed by atoms with Crippen LogP contribution in [0.3, 0.4) is 0 Å². The van der Waals surface area contributed by atoms with Crippen molar-refractivity contribution in [2.75, 3.05) is 25.1 Å². The Bertz CT molecular complexity index is 625. The summed E-state index contributed by atoms with van der Waals surface area (Å²) < 4.78 is 15.9. The molecule has 0 atom stereocenters. The molecule has 0 bridgehead atoms. The van der Waals surface area contributed by atoms with Crippen LogP contribution in [0, 0.1) is 0 Å². The molecule has 23 heavy (non-hydrogen) atoms. The van der Waals surface area contributed by atoms with Crippen molar-refractivity contribution < 1.29 is 18.7 Å². The molecule has 0 aliphatic rings. The van der Waals surface area contributed by atoms with Gasteiger partial charge in [-0.1, -0.05) is 12.1 Å². The maximum absolute atomic E-state index is 12.1. The Kier molecular flexibility index (Phi) is 6.80.